The first kappa shape index (κ1) is 14.6. The molecule has 0 aliphatic carbocycles. The summed E-state index contributed by atoms with van der Waals surface area (Å²) in [6.45, 7) is 0. The average molecular weight is 335 g/mol. The summed E-state index contributed by atoms with van der Waals surface area (Å²) < 4.78 is 28.0. The van der Waals surface area contributed by atoms with Gasteiger partial charge in [-0.2, -0.15) is 0 Å². The highest BCUT2D eigenvalue weighted by molar-refractivity contribution is 7.92. The zero-order valence-corrected chi connectivity index (χ0v) is 13.4. The molecule has 2 heterocycles. The van der Waals surface area contributed by atoms with Crippen molar-refractivity contribution in [2.45, 2.75) is 4.90 Å². The Morgan fingerprint density at radius 1 is 0.833 bits per heavy atom. The summed E-state index contributed by atoms with van der Waals surface area (Å²) in [6.07, 6.45) is 3.00. The number of anilines is 1. The Labute approximate surface area is 139 Å². The van der Waals surface area contributed by atoms with Gasteiger partial charge in [-0.15, -0.1) is 0 Å². The van der Waals surface area contributed by atoms with Crippen LogP contribution in [0, 0.1) is 0 Å². The lowest BCUT2D eigenvalue weighted by Crippen LogP contribution is -2.13. The third kappa shape index (κ3) is 2.57. The predicted molar refractivity (Wildman–Crippen MR) is 94.3 cm³/mol. The molecule has 5 nitrogen and oxygen atoms in total. The Balaban J connectivity index is 1.79. The van der Waals surface area contributed by atoms with Gasteiger partial charge in [-0.1, -0.05) is 36.4 Å². The Bertz CT molecular complexity index is 1150. The number of fused-ring (bicyclic) bond motifs is 2. The quantitative estimate of drug-likeness (QED) is 0.621. The summed E-state index contributed by atoms with van der Waals surface area (Å²) in [6, 6.07) is 18.1. The van der Waals surface area contributed by atoms with Crippen molar-refractivity contribution in [1.29, 1.82) is 0 Å². The maximum absolute atomic E-state index is 12.7. The number of benzene rings is 2. The van der Waals surface area contributed by atoms with Crippen molar-refractivity contribution in [3.8, 4) is 0 Å². The highest BCUT2D eigenvalue weighted by Crippen LogP contribution is 2.24. The highest BCUT2D eigenvalue weighted by atomic mass is 32.2. The molecule has 0 radical (unpaired) electrons. The average Bonchev–Trinajstić information content (AvgIpc) is 2.61. The molecular weight excluding hydrogens is 322 g/mol. The van der Waals surface area contributed by atoms with Crippen LogP contribution in [0.4, 0.5) is 5.69 Å². The molecule has 0 atom stereocenters. The molecule has 118 valence electrons. The van der Waals surface area contributed by atoms with E-state index in [9.17, 15) is 8.42 Å². The van der Waals surface area contributed by atoms with E-state index < -0.39 is 10.0 Å². The van der Waals surface area contributed by atoms with Crippen molar-refractivity contribution >= 4 is 37.5 Å². The van der Waals surface area contributed by atoms with Crippen molar-refractivity contribution in [2.24, 2.45) is 0 Å². The molecule has 0 spiro atoms. The Hall–Kier alpha value is -2.99. The molecule has 24 heavy (non-hydrogen) atoms. The lowest BCUT2D eigenvalue weighted by atomic mass is 10.2. The number of sulfonamides is 1. The molecule has 0 bridgehead atoms. The van der Waals surface area contributed by atoms with Gasteiger partial charge < -0.3 is 0 Å². The molecule has 1 N–H and O–H groups in total. The van der Waals surface area contributed by atoms with E-state index in [0.717, 1.165) is 16.3 Å². The first-order valence-corrected chi connectivity index (χ1v) is 8.83. The SMILES string of the molecule is O=S(=O)(Nc1cccc2cccnc12)c1cnc2ccccc2c1. The van der Waals surface area contributed by atoms with E-state index in [0.29, 0.717) is 11.2 Å². The van der Waals surface area contributed by atoms with Crippen molar-refractivity contribution in [1.82, 2.24) is 9.97 Å². The van der Waals surface area contributed by atoms with Gasteiger partial charge in [0.15, 0.2) is 0 Å². The lowest BCUT2D eigenvalue weighted by Gasteiger charge is -2.10. The molecule has 2 aromatic heterocycles. The second-order valence-corrected chi connectivity index (χ2v) is 7.03. The minimum atomic E-state index is -3.75. The Morgan fingerprint density at radius 3 is 2.54 bits per heavy atom. The number of hydrogen-bond donors (Lipinski definition) is 1. The number of nitrogens with zero attached hydrogens (tertiary/aromatic N) is 2. The fourth-order valence-electron chi connectivity index (χ4n) is 2.59. The van der Waals surface area contributed by atoms with Crippen LogP contribution in [0.5, 0.6) is 0 Å². The minimum absolute atomic E-state index is 0.120. The van der Waals surface area contributed by atoms with Crippen LogP contribution in [-0.2, 0) is 10.0 Å². The zero-order valence-electron chi connectivity index (χ0n) is 12.5. The maximum Gasteiger partial charge on any atom is 0.263 e. The number of hydrogen-bond acceptors (Lipinski definition) is 4. The van der Waals surface area contributed by atoms with Crippen LogP contribution < -0.4 is 4.72 Å². The molecule has 6 heteroatoms. The van der Waals surface area contributed by atoms with E-state index in [1.807, 2.05) is 42.5 Å². The van der Waals surface area contributed by atoms with E-state index in [4.69, 9.17) is 0 Å². The maximum atomic E-state index is 12.7. The Kier molecular flexibility index (Phi) is 3.39. The molecule has 4 rings (SSSR count). The molecule has 0 aliphatic rings. The van der Waals surface area contributed by atoms with E-state index in [1.165, 1.54) is 6.20 Å². The zero-order chi connectivity index (χ0) is 16.6. The molecule has 0 saturated carbocycles. The van der Waals surface area contributed by atoms with Gasteiger partial charge in [0.25, 0.3) is 10.0 Å². The first-order chi connectivity index (χ1) is 11.6. The summed E-state index contributed by atoms with van der Waals surface area (Å²) in [5.74, 6) is 0. The third-order valence-electron chi connectivity index (χ3n) is 3.75. The predicted octanol–water partition coefficient (Wildman–Crippen LogP) is 3.58. The smallest absolute Gasteiger partial charge is 0.263 e. The van der Waals surface area contributed by atoms with Crippen LogP contribution in [0.15, 0.2) is 78.0 Å². The summed E-state index contributed by atoms with van der Waals surface area (Å²) in [5, 5.41) is 1.64. The first-order valence-electron chi connectivity index (χ1n) is 7.35. The van der Waals surface area contributed by atoms with Crippen molar-refractivity contribution in [3.05, 3.63) is 73.1 Å². The molecule has 0 unspecified atom stereocenters. The van der Waals surface area contributed by atoms with Gasteiger partial charge in [-0.25, -0.2) is 8.42 Å². The fraction of sp³-hybridized carbons (Fsp3) is 0. The van der Waals surface area contributed by atoms with E-state index in [1.54, 1.807) is 24.4 Å². The minimum Gasteiger partial charge on any atom is -0.277 e. The van der Waals surface area contributed by atoms with Gasteiger partial charge in [0.05, 0.1) is 16.7 Å². The van der Waals surface area contributed by atoms with Crippen LogP contribution in [0.1, 0.15) is 0 Å². The number of aromatic nitrogens is 2. The van der Waals surface area contributed by atoms with Crippen LogP contribution in [0.2, 0.25) is 0 Å². The second-order valence-electron chi connectivity index (χ2n) is 5.35. The third-order valence-corrected chi connectivity index (χ3v) is 5.09. The largest absolute Gasteiger partial charge is 0.277 e. The van der Waals surface area contributed by atoms with Gasteiger partial charge in [-0.3, -0.25) is 14.7 Å². The van der Waals surface area contributed by atoms with E-state index >= 15 is 0 Å². The van der Waals surface area contributed by atoms with E-state index in [2.05, 4.69) is 14.7 Å². The number of rotatable bonds is 3. The number of pyridine rings is 2. The standard InChI is InChI=1S/C18H13N3O2S/c22-24(23,15-11-14-5-1-2-8-16(14)20-12-15)21-17-9-3-6-13-7-4-10-19-18(13)17/h1-12,21H. The van der Waals surface area contributed by atoms with Crippen LogP contribution in [-0.4, -0.2) is 18.4 Å². The van der Waals surface area contributed by atoms with Crippen molar-refractivity contribution < 1.29 is 8.42 Å². The van der Waals surface area contributed by atoms with Crippen molar-refractivity contribution in [3.63, 3.8) is 0 Å². The second kappa shape index (κ2) is 5.58. The summed E-state index contributed by atoms with van der Waals surface area (Å²) >= 11 is 0. The summed E-state index contributed by atoms with van der Waals surface area (Å²) in [5.41, 5.74) is 1.81. The van der Waals surface area contributed by atoms with Gasteiger partial charge in [0, 0.05) is 23.2 Å². The molecule has 0 amide bonds. The van der Waals surface area contributed by atoms with Gasteiger partial charge >= 0.3 is 0 Å². The highest BCUT2D eigenvalue weighted by Gasteiger charge is 2.17. The van der Waals surface area contributed by atoms with Crippen LogP contribution in [0.25, 0.3) is 21.8 Å². The molecule has 0 aliphatic heterocycles. The van der Waals surface area contributed by atoms with E-state index in [-0.39, 0.29) is 4.90 Å². The molecule has 4 aromatic rings. The fourth-order valence-corrected chi connectivity index (χ4v) is 3.63. The van der Waals surface area contributed by atoms with Gasteiger partial charge in [0.2, 0.25) is 0 Å². The van der Waals surface area contributed by atoms with Gasteiger partial charge in [0.1, 0.15) is 4.90 Å². The monoisotopic (exact) mass is 335 g/mol. The summed E-state index contributed by atoms with van der Waals surface area (Å²) in [4.78, 5) is 8.60. The molecule has 0 saturated heterocycles. The lowest BCUT2D eigenvalue weighted by molar-refractivity contribution is 0.601. The van der Waals surface area contributed by atoms with Crippen LogP contribution >= 0.6 is 0 Å². The number of para-hydroxylation sites is 2. The normalized spacial score (nSPS) is 11.7. The topological polar surface area (TPSA) is 72.0 Å². The van der Waals surface area contributed by atoms with Crippen LogP contribution in [0.3, 0.4) is 0 Å². The summed E-state index contributed by atoms with van der Waals surface area (Å²) in [7, 11) is -3.75. The molecule has 2 aromatic carbocycles. The molecule has 0 fully saturated rings. The Morgan fingerprint density at radius 2 is 1.62 bits per heavy atom. The van der Waals surface area contributed by atoms with Gasteiger partial charge in [-0.05, 0) is 24.3 Å². The molecular formula is C18H13N3O2S. The number of nitrogens with one attached hydrogen (secondary N) is 1. The van der Waals surface area contributed by atoms with Crippen molar-refractivity contribution in [2.75, 3.05) is 4.72 Å².